The number of aromatic nitrogens is 2. The molecule has 0 bridgehead atoms. The molecule has 1 heterocycles. The number of aliphatic hydroxyl groups is 1. The van der Waals surface area contributed by atoms with E-state index >= 15 is 0 Å². The third-order valence-corrected chi connectivity index (χ3v) is 3.99. The van der Waals surface area contributed by atoms with Crippen LogP contribution in [0.5, 0.6) is 0 Å². The van der Waals surface area contributed by atoms with Gasteiger partial charge < -0.3 is 9.52 Å². The van der Waals surface area contributed by atoms with Crippen LogP contribution in [0.1, 0.15) is 37.1 Å². The summed E-state index contributed by atoms with van der Waals surface area (Å²) in [6.07, 6.45) is 4.35. The number of aliphatic hydroxyl groups excluding tert-OH is 1. The molecule has 118 valence electrons. The second-order valence-corrected chi connectivity index (χ2v) is 6.00. The first kappa shape index (κ1) is 15.2. The second kappa shape index (κ2) is 7.03. The highest BCUT2D eigenvalue weighted by Gasteiger charge is 2.29. The van der Waals surface area contributed by atoms with Gasteiger partial charge in [-0.25, -0.2) is 0 Å². The van der Waals surface area contributed by atoms with Crippen LogP contribution in [-0.4, -0.2) is 39.4 Å². The molecule has 0 saturated heterocycles. The molecule has 1 aliphatic carbocycles. The Labute approximate surface area is 131 Å². The van der Waals surface area contributed by atoms with Gasteiger partial charge in [0.2, 0.25) is 11.8 Å². The minimum absolute atomic E-state index is 0.260. The Bertz CT molecular complexity index is 607. The van der Waals surface area contributed by atoms with E-state index in [1.807, 2.05) is 12.1 Å². The van der Waals surface area contributed by atoms with Crippen molar-refractivity contribution in [2.75, 3.05) is 13.2 Å². The topological polar surface area (TPSA) is 62.4 Å². The number of hydrogen-bond acceptors (Lipinski definition) is 5. The Hall–Kier alpha value is -1.72. The van der Waals surface area contributed by atoms with Gasteiger partial charge in [-0.3, -0.25) is 4.90 Å². The Morgan fingerprint density at radius 3 is 2.86 bits per heavy atom. The molecular formula is C17H23N3O2. The molecule has 0 atom stereocenters. The molecule has 3 rings (SSSR count). The van der Waals surface area contributed by atoms with Gasteiger partial charge in [0.1, 0.15) is 0 Å². The number of benzene rings is 1. The standard InChI is InChI=1S/C17H23N3O2/c1-13-5-4-6-14(11-13)17-19-18-16(22-17)12-20(15-7-8-15)9-2-3-10-21/h4-6,11,15,21H,2-3,7-10,12H2,1H3. The lowest BCUT2D eigenvalue weighted by atomic mass is 10.1. The molecule has 0 radical (unpaired) electrons. The van der Waals surface area contributed by atoms with Crippen molar-refractivity contribution in [1.82, 2.24) is 15.1 Å². The molecule has 1 aromatic heterocycles. The molecule has 1 aromatic carbocycles. The van der Waals surface area contributed by atoms with E-state index in [4.69, 9.17) is 9.52 Å². The molecular weight excluding hydrogens is 278 g/mol. The highest BCUT2D eigenvalue weighted by Crippen LogP contribution is 2.29. The minimum atomic E-state index is 0.260. The Balaban J connectivity index is 1.65. The zero-order chi connectivity index (χ0) is 15.4. The molecule has 1 saturated carbocycles. The third kappa shape index (κ3) is 3.93. The number of aryl methyl sites for hydroxylation is 1. The van der Waals surface area contributed by atoms with E-state index in [9.17, 15) is 0 Å². The van der Waals surface area contributed by atoms with Gasteiger partial charge in [-0.2, -0.15) is 0 Å². The van der Waals surface area contributed by atoms with Crippen molar-refractivity contribution in [3.8, 4) is 11.5 Å². The molecule has 5 heteroatoms. The maximum atomic E-state index is 8.92. The third-order valence-electron chi connectivity index (χ3n) is 3.99. The van der Waals surface area contributed by atoms with Crippen molar-refractivity contribution >= 4 is 0 Å². The maximum absolute atomic E-state index is 8.92. The zero-order valence-electron chi connectivity index (χ0n) is 13.0. The Morgan fingerprint density at radius 1 is 1.27 bits per heavy atom. The van der Waals surface area contributed by atoms with Gasteiger partial charge in [-0.05, 0) is 51.3 Å². The summed E-state index contributed by atoms with van der Waals surface area (Å²) < 4.78 is 5.83. The first-order chi connectivity index (χ1) is 10.8. The van der Waals surface area contributed by atoms with Gasteiger partial charge in [0.15, 0.2) is 0 Å². The van der Waals surface area contributed by atoms with E-state index < -0.39 is 0 Å². The van der Waals surface area contributed by atoms with Crippen LogP contribution in [0.4, 0.5) is 0 Å². The lowest BCUT2D eigenvalue weighted by molar-refractivity contribution is 0.212. The van der Waals surface area contributed by atoms with Crippen molar-refractivity contribution in [2.24, 2.45) is 0 Å². The fraction of sp³-hybridized carbons (Fsp3) is 0.529. The first-order valence-electron chi connectivity index (χ1n) is 8.00. The van der Waals surface area contributed by atoms with Gasteiger partial charge in [0.25, 0.3) is 0 Å². The molecule has 22 heavy (non-hydrogen) atoms. The molecule has 1 fully saturated rings. The summed E-state index contributed by atoms with van der Waals surface area (Å²) in [7, 11) is 0. The highest BCUT2D eigenvalue weighted by atomic mass is 16.4. The Kier molecular flexibility index (Phi) is 4.85. The summed E-state index contributed by atoms with van der Waals surface area (Å²) in [4.78, 5) is 2.39. The van der Waals surface area contributed by atoms with Gasteiger partial charge in [-0.1, -0.05) is 17.7 Å². The summed E-state index contributed by atoms with van der Waals surface area (Å²) >= 11 is 0. The lowest BCUT2D eigenvalue weighted by Gasteiger charge is -2.19. The number of hydrogen-bond donors (Lipinski definition) is 1. The summed E-state index contributed by atoms with van der Waals surface area (Å²) in [6.45, 7) is 4.00. The van der Waals surface area contributed by atoms with Crippen LogP contribution in [-0.2, 0) is 6.54 Å². The minimum Gasteiger partial charge on any atom is -0.419 e. The van der Waals surface area contributed by atoms with E-state index in [2.05, 4.69) is 34.2 Å². The van der Waals surface area contributed by atoms with Gasteiger partial charge in [0.05, 0.1) is 6.54 Å². The zero-order valence-corrected chi connectivity index (χ0v) is 13.0. The predicted octanol–water partition coefficient (Wildman–Crippen LogP) is 2.78. The van der Waals surface area contributed by atoms with Crippen LogP contribution in [0.3, 0.4) is 0 Å². The second-order valence-electron chi connectivity index (χ2n) is 6.00. The fourth-order valence-corrected chi connectivity index (χ4v) is 2.64. The van der Waals surface area contributed by atoms with E-state index in [-0.39, 0.29) is 6.61 Å². The average Bonchev–Trinajstić information content (AvgIpc) is 3.26. The monoisotopic (exact) mass is 301 g/mol. The van der Waals surface area contributed by atoms with E-state index in [0.29, 0.717) is 24.4 Å². The summed E-state index contributed by atoms with van der Waals surface area (Å²) in [5, 5.41) is 17.3. The SMILES string of the molecule is Cc1cccc(-c2nnc(CN(CCCCO)C3CC3)o2)c1. The lowest BCUT2D eigenvalue weighted by Crippen LogP contribution is -2.27. The molecule has 2 aromatic rings. The fourth-order valence-electron chi connectivity index (χ4n) is 2.64. The molecule has 5 nitrogen and oxygen atoms in total. The van der Waals surface area contributed by atoms with Gasteiger partial charge in [-0.15, -0.1) is 10.2 Å². The number of unbranched alkanes of at least 4 members (excludes halogenated alkanes) is 1. The van der Waals surface area contributed by atoms with E-state index in [0.717, 1.165) is 24.9 Å². The highest BCUT2D eigenvalue weighted by molar-refractivity contribution is 5.53. The maximum Gasteiger partial charge on any atom is 0.247 e. The molecule has 0 spiro atoms. The smallest absolute Gasteiger partial charge is 0.247 e. The van der Waals surface area contributed by atoms with Crippen LogP contribution in [0.2, 0.25) is 0 Å². The van der Waals surface area contributed by atoms with Crippen molar-refractivity contribution in [1.29, 1.82) is 0 Å². The largest absolute Gasteiger partial charge is 0.419 e. The quantitative estimate of drug-likeness (QED) is 0.760. The first-order valence-corrected chi connectivity index (χ1v) is 8.00. The molecule has 0 aliphatic heterocycles. The molecule has 0 amide bonds. The number of nitrogens with zero attached hydrogens (tertiary/aromatic N) is 3. The van der Waals surface area contributed by atoms with Crippen LogP contribution in [0.25, 0.3) is 11.5 Å². The summed E-state index contributed by atoms with van der Waals surface area (Å²) in [5.74, 6) is 1.26. The molecule has 0 unspecified atom stereocenters. The van der Waals surface area contributed by atoms with Crippen LogP contribution in [0.15, 0.2) is 28.7 Å². The average molecular weight is 301 g/mol. The van der Waals surface area contributed by atoms with Crippen LogP contribution >= 0.6 is 0 Å². The van der Waals surface area contributed by atoms with Crippen molar-refractivity contribution in [2.45, 2.75) is 45.2 Å². The molecule has 1 N–H and O–H groups in total. The summed E-state index contributed by atoms with van der Waals surface area (Å²) in [5.41, 5.74) is 2.15. The van der Waals surface area contributed by atoms with E-state index in [1.165, 1.54) is 18.4 Å². The van der Waals surface area contributed by atoms with Gasteiger partial charge in [0, 0.05) is 18.2 Å². The van der Waals surface area contributed by atoms with Crippen LogP contribution in [0, 0.1) is 6.92 Å². The van der Waals surface area contributed by atoms with Crippen molar-refractivity contribution in [3.05, 3.63) is 35.7 Å². The van der Waals surface area contributed by atoms with Crippen LogP contribution < -0.4 is 0 Å². The van der Waals surface area contributed by atoms with Crippen molar-refractivity contribution in [3.63, 3.8) is 0 Å². The van der Waals surface area contributed by atoms with Crippen molar-refractivity contribution < 1.29 is 9.52 Å². The molecule has 1 aliphatic rings. The van der Waals surface area contributed by atoms with E-state index in [1.54, 1.807) is 0 Å². The number of rotatable bonds is 8. The van der Waals surface area contributed by atoms with Gasteiger partial charge >= 0.3 is 0 Å². The summed E-state index contributed by atoms with van der Waals surface area (Å²) in [6, 6.07) is 8.74. The Morgan fingerprint density at radius 2 is 2.14 bits per heavy atom. The predicted molar refractivity (Wildman–Crippen MR) is 84.2 cm³/mol. The normalized spacial score (nSPS) is 14.7.